The number of thioether (sulfide) groups is 1. The summed E-state index contributed by atoms with van der Waals surface area (Å²) in [5, 5.41) is 20.7. The Hall–Kier alpha value is -2.03. The van der Waals surface area contributed by atoms with Crippen LogP contribution in [0.3, 0.4) is 0 Å². The fraction of sp³-hybridized carbons (Fsp3) is 0.667. The minimum absolute atomic E-state index is 0.125. The van der Waals surface area contributed by atoms with Gasteiger partial charge in [0.25, 0.3) is 0 Å². The first kappa shape index (κ1) is 23.6. The van der Waals surface area contributed by atoms with E-state index in [2.05, 4.69) is 15.0 Å². The molecule has 31 heavy (non-hydrogen) atoms. The molecule has 0 unspecified atom stereocenters. The number of fused-ring (bicyclic) bond motifs is 1. The zero-order valence-electron chi connectivity index (χ0n) is 17.3. The van der Waals surface area contributed by atoms with Gasteiger partial charge in [0, 0.05) is 19.3 Å². The zero-order chi connectivity index (χ0) is 22.4. The van der Waals surface area contributed by atoms with Crippen molar-refractivity contribution < 1.29 is 34.0 Å². The van der Waals surface area contributed by atoms with Crippen LogP contribution in [0.25, 0.3) is 11.2 Å². The average Bonchev–Trinajstić information content (AvgIpc) is 3.28. The van der Waals surface area contributed by atoms with Crippen LogP contribution in [0.15, 0.2) is 11.5 Å². The van der Waals surface area contributed by atoms with Crippen LogP contribution in [-0.2, 0) is 23.7 Å². The molecule has 0 aliphatic carbocycles. The lowest BCUT2D eigenvalue weighted by Crippen LogP contribution is -2.37. The number of nitrogens with two attached hydrogens (primary N) is 1. The van der Waals surface area contributed by atoms with E-state index < -0.39 is 37.1 Å². The van der Waals surface area contributed by atoms with Crippen LogP contribution in [-0.4, -0.2) is 93.3 Å². The molecule has 4 atom stereocenters. The van der Waals surface area contributed by atoms with Crippen molar-refractivity contribution in [3.63, 3.8) is 0 Å². The van der Waals surface area contributed by atoms with Crippen LogP contribution < -0.4 is 5.73 Å². The summed E-state index contributed by atoms with van der Waals surface area (Å²) in [7, 11) is 1.60. The second-order valence-electron chi connectivity index (χ2n) is 6.70. The molecule has 1 saturated heterocycles. The lowest BCUT2D eigenvalue weighted by molar-refractivity contribution is -0.158. The summed E-state index contributed by atoms with van der Waals surface area (Å²) in [6.07, 6.45) is -2.77. The molecule has 12 nitrogen and oxygen atoms in total. The molecule has 2 aromatic heterocycles. The van der Waals surface area contributed by atoms with Gasteiger partial charge in [0.05, 0.1) is 26.4 Å². The number of aliphatic hydroxyl groups excluding tert-OH is 2. The number of esters is 1. The van der Waals surface area contributed by atoms with Gasteiger partial charge < -0.3 is 34.9 Å². The smallest absolute Gasteiger partial charge is 0.306 e. The molecule has 0 amide bonds. The lowest BCUT2D eigenvalue weighted by Gasteiger charge is -2.23. The van der Waals surface area contributed by atoms with Gasteiger partial charge in [-0.3, -0.25) is 9.36 Å². The summed E-state index contributed by atoms with van der Waals surface area (Å²) in [5.74, 6) is 0.232. The van der Waals surface area contributed by atoms with Crippen molar-refractivity contribution in [2.75, 3.05) is 45.0 Å². The normalized spacial score (nSPS) is 23.5. The Bertz CT molecular complexity index is 882. The molecule has 0 radical (unpaired) electrons. The zero-order valence-corrected chi connectivity index (χ0v) is 18.2. The maximum absolute atomic E-state index is 12.0. The summed E-state index contributed by atoms with van der Waals surface area (Å²) in [6, 6.07) is 0. The minimum Gasteiger partial charge on any atom is -0.455 e. The topological polar surface area (TPSA) is 164 Å². The molecule has 1 fully saturated rings. The van der Waals surface area contributed by atoms with Crippen LogP contribution in [0.2, 0.25) is 0 Å². The molecule has 0 saturated carbocycles. The van der Waals surface area contributed by atoms with Crippen molar-refractivity contribution in [2.24, 2.45) is 0 Å². The van der Waals surface area contributed by atoms with Crippen molar-refractivity contribution in [1.82, 2.24) is 19.5 Å². The number of anilines is 1. The number of imidazole rings is 1. The number of carbonyl (C=O) groups is 1. The number of ether oxygens (including phenoxy) is 4. The van der Waals surface area contributed by atoms with Gasteiger partial charge in [-0.2, -0.15) is 0 Å². The third-order valence-electron chi connectivity index (χ3n) is 4.67. The first-order valence-corrected chi connectivity index (χ1v) is 10.8. The first-order valence-electron chi connectivity index (χ1n) is 9.83. The molecular weight excluding hydrogens is 430 g/mol. The van der Waals surface area contributed by atoms with Gasteiger partial charge in [0.2, 0.25) is 0 Å². The first-order chi connectivity index (χ1) is 15.0. The Morgan fingerprint density at radius 3 is 2.87 bits per heavy atom. The van der Waals surface area contributed by atoms with Crippen LogP contribution in [0, 0.1) is 0 Å². The van der Waals surface area contributed by atoms with E-state index in [1.807, 2.05) is 0 Å². The van der Waals surface area contributed by atoms with Crippen molar-refractivity contribution in [2.45, 2.75) is 43.0 Å². The highest BCUT2D eigenvalue weighted by molar-refractivity contribution is 7.99. The number of methoxy groups -OCH3 is 1. The van der Waals surface area contributed by atoms with E-state index in [0.29, 0.717) is 41.9 Å². The summed E-state index contributed by atoms with van der Waals surface area (Å²) in [6.45, 7) is 2.61. The van der Waals surface area contributed by atoms with Crippen molar-refractivity contribution in [3.05, 3.63) is 6.33 Å². The number of rotatable bonds is 11. The molecule has 172 valence electrons. The van der Waals surface area contributed by atoms with E-state index in [4.69, 9.17) is 24.7 Å². The van der Waals surface area contributed by atoms with E-state index in [0.717, 1.165) is 0 Å². The molecule has 1 aliphatic heterocycles. The van der Waals surface area contributed by atoms with E-state index in [1.165, 1.54) is 18.1 Å². The Kier molecular flexibility index (Phi) is 8.40. The number of aromatic nitrogens is 4. The van der Waals surface area contributed by atoms with E-state index in [-0.39, 0.29) is 12.2 Å². The SMILES string of the molecule is CCC(=O)O[C@@H]1[C@H](O)[C@@H](CO)O[C@H]1n1c(SCCOCCOC)nc2c(N)ncnc21. The fourth-order valence-corrected chi connectivity index (χ4v) is 3.98. The molecule has 2 aromatic rings. The van der Waals surface area contributed by atoms with Gasteiger partial charge >= 0.3 is 5.97 Å². The largest absolute Gasteiger partial charge is 0.455 e. The second-order valence-corrected chi connectivity index (χ2v) is 7.76. The third-order valence-corrected chi connectivity index (χ3v) is 5.58. The molecule has 0 bridgehead atoms. The predicted molar refractivity (Wildman–Crippen MR) is 110 cm³/mol. The van der Waals surface area contributed by atoms with Crippen molar-refractivity contribution >= 4 is 34.7 Å². The minimum atomic E-state index is -1.22. The highest BCUT2D eigenvalue weighted by Crippen LogP contribution is 2.37. The van der Waals surface area contributed by atoms with Crippen molar-refractivity contribution in [3.8, 4) is 0 Å². The Balaban J connectivity index is 1.92. The van der Waals surface area contributed by atoms with Crippen LogP contribution >= 0.6 is 11.8 Å². The standard InChI is InChI=1S/C18H27N5O7S/c1-3-11(25)30-14-13(26)10(8-24)29-17(14)23-16-12(15(19)20-9-21-16)22-18(23)31-7-6-28-5-4-27-2/h9-10,13-14,17,24,26H,3-8H2,1-2H3,(H2,19,20,21)/t10-,13-,14-,17-/m1/s1. The number of aliphatic hydroxyl groups is 2. The van der Waals surface area contributed by atoms with Gasteiger partial charge in [-0.25, -0.2) is 15.0 Å². The van der Waals surface area contributed by atoms with E-state index in [1.54, 1.807) is 18.6 Å². The van der Waals surface area contributed by atoms with Gasteiger partial charge in [-0.05, 0) is 0 Å². The Morgan fingerprint density at radius 2 is 2.16 bits per heavy atom. The van der Waals surface area contributed by atoms with Crippen LogP contribution in [0.5, 0.6) is 0 Å². The van der Waals surface area contributed by atoms with Crippen LogP contribution in [0.4, 0.5) is 5.82 Å². The maximum Gasteiger partial charge on any atom is 0.306 e. The quantitative estimate of drug-likeness (QED) is 0.230. The molecule has 4 N–H and O–H groups in total. The summed E-state index contributed by atoms with van der Waals surface area (Å²) < 4.78 is 23.4. The van der Waals surface area contributed by atoms with Gasteiger partial charge in [-0.1, -0.05) is 18.7 Å². The monoisotopic (exact) mass is 457 g/mol. The molecule has 0 aromatic carbocycles. The lowest BCUT2D eigenvalue weighted by atomic mass is 10.1. The molecule has 3 rings (SSSR count). The van der Waals surface area contributed by atoms with Crippen LogP contribution in [0.1, 0.15) is 19.6 Å². The summed E-state index contributed by atoms with van der Waals surface area (Å²) >= 11 is 1.36. The van der Waals surface area contributed by atoms with Gasteiger partial charge in [0.1, 0.15) is 18.5 Å². The van der Waals surface area contributed by atoms with Gasteiger partial charge in [-0.15, -0.1) is 0 Å². The molecular formula is C18H27N5O7S. The summed E-state index contributed by atoms with van der Waals surface area (Å²) in [5.41, 5.74) is 6.70. The predicted octanol–water partition coefficient (Wildman–Crippen LogP) is -0.264. The average molecular weight is 458 g/mol. The third kappa shape index (κ3) is 5.25. The number of nitrogen functional groups attached to an aromatic ring is 1. The molecule has 13 heteroatoms. The maximum atomic E-state index is 12.0. The number of nitrogens with zero attached hydrogens (tertiary/aromatic N) is 4. The number of carbonyl (C=O) groups excluding carboxylic acids is 1. The van der Waals surface area contributed by atoms with E-state index >= 15 is 0 Å². The fourth-order valence-electron chi connectivity index (χ4n) is 3.11. The highest BCUT2D eigenvalue weighted by atomic mass is 32.2. The molecule has 1 aliphatic rings. The molecule has 0 spiro atoms. The Labute approximate surface area is 183 Å². The number of hydrogen-bond donors (Lipinski definition) is 3. The Morgan fingerprint density at radius 1 is 1.35 bits per heavy atom. The highest BCUT2D eigenvalue weighted by Gasteiger charge is 2.48. The molecule has 3 heterocycles. The van der Waals surface area contributed by atoms with Crippen molar-refractivity contribution in [1.29, 1.82) is 0 Å². The summed E-state index contributed by atoms with van der Waals surface area (Å²) in [4.78, 5) is 24.7. The number of hydrogen-bond acceptors (Lipinski definition) is 12. The van der Waals surface area contributed by atoms with Gasteiger partial charge in [0.15, 0.2) is 34.5 Å². The van der Waals surface area contributed by atoms with E-state index in [9.17, 15) is 15.0 Å². The second kappa shape index (κ2) is 11.0.